The maximum absolute atomic E-state index is 3.77. The predicted molar refractivity (Wildman–Crippen MR) is 139 cm³/mol. The molecule has 0 fully saturated rings. The van der Waals surface area contributed by atoms with Crippen molar-refractivity contribution in [1.82, 2.24) is 10.6 Å². The summed E-state index contributed by atoms with van der Waals surface area (Å²) in [5.41, 5.74) is 11.1. The molecule has 0 radical (unpaired) electrons. The first-order valence-corrected chi connectivity index (χ1v) is 13.0. The van der Waals surface area contributed by atoms with Crippen molar-refractivity contribution >= 4 is 11.4 Å². The third-order valence-electron chi connectivity index (χ3n) is 9.00. The van der Waals surface area contributed by atoms with Crippen molar-refractivity contribution in [2.24, 2.45) is 0 Å². The van der Waals surface area contributed by atoms with Crippen LogP contribution >= 0.6 is 0 Å². The number of anilines is 2. The van der Waals surface area contributed by atoms with Gasteiger partial charge in [0.15, 0.2) is 0 Å². The van der Waals surface area contributed by atoms with E-state index >= 15 is 0 Å². The fourth-order valence-corrected chi connectivity index (χ4v) is 7.23. The number of benzene rings is 2. The van der Waals surface area contributed by atoms with Crippen molar-refractivity contribution in [2.45, 2.75) is 83.5 Å². The van der Waals surface area contributed by atoms with Gasteiger partial charge < -0.3 is 20.4 Å². The Labute approximate surface area is 199 Å². The molecule has 0 saturated heterocycles. The molecule has 2 N–H and O–H groups in total. The molecule has 2 aromatic rings. The quantitative estimate of drug-likeness (QED) is 0.731. The van der Waals surface area contributed by atoms with Gasteiger partial charge in [-0.2, -0.15) is 0 Å². The fraction of sp³-hybridized carbons (Fsp3) is 0.586. The Balaban J connectivity index is 1.44. The highest BCUT2D eigenvalue weighted by Gasteiger charge is 2.45. The van der Waals surface area contributed by atoms with Crippen LogP contribution in [0, 0.1) is 0 Å². The summed E-state index contributed by atoms with van der Waals surface area (Å²) in [7, 11) is 0. The topological polar surface area (TPSA) is 30.5 Å². The van der Waals surface area contributed by atoms with E-state index in [2.05, 4.69) is 85.4 Å². The van der Waals surface area contributed by atoms with E-state index < -0.39 is 0 Å². The summed E-state index contributed by atoms with van der Waals surface area (Å²) in [6.45, 7) is 18.4. The molecular formula is C29H40N4. The summed E-state index contributed by atoms with van der Waals surface area (Å²) in [5, 5.41) is 7.47. The third-order valence-corrected chi connectivity index (χ3v) is 9.00. The summed E-state index contributed by atoms with van der Waals surface area (Å²) < 4.78 is 0. The van der Waals surface area contributed by atoms with Crippen LogP contribution in [0.2, 0.25) is 0 Å². The lowest BCUT2D eigenvalue weighted by Crippen LogP contribution is -2.43. The normalized spacial score (nSPS) is 29.5. The number of nitrogens with one attached hydrogen (secondary N) is 2. The highest BCUT2D eigenvalue weighted by molar-refractivity contribution is 5.72. The molecule has 0 aromatic heterocycles. The van der Waals surface area contributed by atoms with Crippen LogP contribution in [0.25, 0.3) is 0 Å². The van der Waals surface area contributed by atoms with E-state index in [0.717, 1.165) is 45.7 Å². The van der Waals surface area contributed by atoms with Gasteiger partial charge in [-0.3, -0.25) is 0 Å². The van der Waals surface area contributed by atoms with Crippen LogP contribution in [0.1, 0.15) is 68.9 Å². The SMILES string of the molecule is CCC1CNCc2cccc3c2N1CC3(C)Cc1ccc2c3c1CNCC(C)N3CC2(C)C. The molecule has 176 valence electrons. The van der Waals surface area contributed by atoms with E-state index in [1.807, 2.05) is 0 Å². The summed E-state index contributed by atoms with van der Waals surface area (Å²) >= 11 is 0. The number of hydrogen-bond acceptors (Lipinski definition) is 4. The number of nitrogens with zero attached hydrogens (tertiary/aromatic N) is 2. The number of para-hydroxylation sites is 1. The van der Waals surface area contributed by atoms with Gasteiger partial charge in [0.2, 0.25) is 0 Å². The zero-order valence-corrected chi connectivity index (χ0v) is 21.1. The maximum atomic E-state index is 3.77. The molecule has 6 rings (SSSR count). The van der Waals surface area contributed by atoms with Crippen LogP contribution in [0.3, 0.4) is 0 Å². The van der Waals surface area contributed by atoms with Crippen LogP contribution in [-0.2, 0) is 30.3 Å². The van der Waals surface area contributed by atoms with Crippen molar-refractivity contribution in [3.05, 3.63) is 58.1 Å². The van der Waals surface area contributed by atoms with Crippen molar-refractivity contribution in [2.75, 3.05) is 36.0 Å². The second-order valence-corrected chi connectivity index (χ2v) is 12.0. The van der Waals surface area contributed by atoms with Crippen LogP contribution in [0.15, 0.2) is 30.3 Å². The van der Waals surface area contributed by atoms with Gasteiger partial charge in [0.05, 0.1) is 0 Å². The minimum absolute atomic E-state index is 0.137. The van der Waals surface area contributed by atoms with Gasteiger partial charge in [0.25, 0.3) is 0 Å². The molecule has 3 atom stereocenters. The van der Waals surface area contributed by atoms with Gasteiger partial charge in [0, 0.05) is 73.6 Å². The third kappa shape index (κ3) is 3.17. The zero-order valence-electron chi connectivity index (χ0n) is 21.1. The molecule has 33 heavy (non-hydrogen) atoms. The second kappa shape index (κ2) is 7.48. The minimum Gasteiger partial charge on any atom is -0.366 e. The Morgan fingerprint density at radius 1 is 0.909 bits per heavy atom. The van der Waals surface area contributed by atoms with E-state index in [1.54, 1.807) is 27.9 Å². The molecule has 0 aliphatic carbocycles. The monoisotopic (exact) mass is 444 g/mol. The Hall–Kier alpha value is -2.04. The van der Waals surface area contributed by atoms with E-state index in [4.69, 9.17) is 0 Å². The van der Waals surface area contributed by atoms with Crippen molar-refractivity contribution in [3.63, 3.8) is 0 Å². The molecule has 4 aliphatic rings. The molecule has 0 spiro atoms. The summed E-state index contributed by atoms with van der Waals surface area (Å²) in [5.74, 6) is 0. The van der Waals surface area contributed by atoms with Crippen LogP contribution in [-0.4, -0.2) is 38.3 Å². The molecule has 0 saturated carbocycles. The average molecular weight is 445 g/mol. The molecule has 0 amide bonds. The molecular weight excluding hydrogens is 404 g/mol. The Bertz CT molecular complexity index is 1090. The summed E-state index contributed by atoms with van der Waals surface area (Å²) in [6.07, 6.45) is 2.30. The van der Waals surface area contributed by atoms with Crippen LogP contribution in [0.4, 0.5) is 11.4 Å². The summed E-state index contributed by atoms with van der Waals surface area (Å²) in [4.78, 5) is 5.44. The first-order chi connectivity index (χ1) is 15.8. The number of hydrogen-bond donors (Lipinski definition) is 2. The molecule has 4 heteroatoms. The first-order valence-electron chi connectivity index (χ1n) is 13.0. The lowest BCUT2D eigenvalue weighted by Gasteiger charge is -2.32. The van der Waals surface area contributed by atoms with E-state index in [0.29, 0.717) is 12.1 Å². The van der Waals surface area contributed by atoms with Crippen molar-refractivity contribution < 1.29 is 0 Å². The van der Waals surface area contributed by atoms with E-state index in [9.17, 15) is 0 Å². The van der Waals surface area contributed by atoms with Gasteiger partial charge in [0.1, 0.15) is 0 Å². The molecule has 4 aliphatic heterocycles. The molecule has 3 unspecified atom stereocenters. The Kier molecular flexibility index (Phi) is 4.87. The van der Waals surface area contributed by atoms with Gasteiger partial charge in [-0.05, 0) is 47.6 Å². The standard InChI is InChI=1S/C29H40N4/c1-6-22-15-31-14-21-8-7-9-25-26(21)33(22)18-29(25,5)12-20-10-11-24-27-23(20)16-30-13-19(2)32(27)17-28(24,3)4/h7-11,19,22,30-31H,6,12-18H2,1-5H3. The Morgan fingerprint density at radius 3 is 2.55 bits per heavy atom. The average Bonchev–Trinajstić information content (AvgIpc) is 3.07. The van der Waals surface area contributed by atoms with E-state index in [-0.39, 0.29) is 10.8 Å². The lowest BCUT2D eigenvalue weighted by molar-refractivity contribution is 0.453. The highest BCUT2D eigenvalue weighted by atomic mass is 15.2. The van der Waals surface area contributed by atoms with Gasteiger partial charge in [-0.1, -0.05) is 58.0 Å². The molecule has 2 aromatic carbocycles. The fourth-order valence-electron chi connectivity index (χ4n) is 7.23. The maximum Gasteiger partial charge on any atom is 0.0456 e. The largest absolute Gasteiger partial charge is 0.366 e. The molecule has 4 heterocycles. The number of rotatable bonds is 3. The van der Waals surface area contributed by atoms with Crippen molar-refractivity contribution in [1.29, 1.82) is 0 Å². The zero-order chi connectivity index (χ0) is 23.0. The molecule has 0 bridgehead atoms. The van der Waals surface area contributed by atoms with Crippen molar-refractivity contribution in [3.8, 4) is 0 Å². The molecule has 4 nitrogen and oxygen atoms in total. The van der Waals surface area contributed by atoms with Crippen LogP contribution in [0.5, 0.6) is 0 Å². The van der Waals surface area contributed by atoms with Gasteiger partial charge in [-0.25, -0.2) is 0 Å². The van der Waals surface area contributed by atoms with Gasteiger partial charge >= 0.3 is 0 Å². The minimum atomic E-state index is 0.137. The highest BCUT2D eigenvalue weighted by Crippen LogP contribution is 2.49. The predicted octanol–water partition coefficient (Wildman–Crippen LogP) is 4.48. The van der Waals surface area contributed by atoms with E-state index in [1.165, 1.54) is 17.7 Å². The first kappa shape index (κ1) is 21.5. The second-order valence-electron chi connectivity index (χ2n) is 12.0. The van der Waals surface area contributed by atoms with Gasteiger partial charge in [-0.15, -0.1) is 0 Å². The smallest absolute Gasteiger partial charge is 0.0456 e. The van der Waals surface area contributed by atoms with Crippen LogP contribution < -0.4 is 20.4 Å². The Morgan fingerprint density at radius 2 is 1.73 bits per heavy atom. The lowest BCUT2D eigenvalue weighted by atomic mass is 9.76. The summed E-state index contributed by atoms with van der Waals surface area (Å²) in [6, 6.07) is 13.1.